The van der Waals surface area contributed by atoms with Gasteiger partial charge in [0.25, 0.3) is 0 Å². The molecule has 1 amide bonds. The quantitative estimate of drug-likeness (QED) is 0.780. The van der Waals surface area contributed by atoms with Crippen LogP contribution < -0.4 is 5.32 Å². The van der Waals surface area contributed by atoms with Crippen LogP contribution in [-0.2, 0) is 4.79 Å². The zero-order valence-electron chi connectivity index (χ0n) is 8.92. The van der Waals surface area contributed by atoms with Crippen molar-refractivity contribution in [2.75, 3.05) is 11.1 Å². The number of nitrogens with one attached hydrogen (secondary N) is 2. The van der Waals surface area contributed by atoms with Crippen molar-refractivity contribution in [1.82, 2.24) is 4.98 Å². The van der Waals surface area contributed by atoms with Crippen LogP contribution >= 0.6 is 11.8 Å². The van der Waals surface area contributed by atoms with Crippen molar-refractivity contribution in [2.24, 2.45) is 0 Å². The Hall–Kier alpha value is -1.92. The third kappa shape index (κ3) is 2.36. The van der Waals surface area contributed by atoms with Crippen LogP contribution in [0.4, 0.5) is 5.82 Å². The number of thioether (sulfide) groups is 1. The van der Waals surface area contributed by atoms with Crippen LogP contribution in [0.25, 0.3) is 0 Å². The molecule has 0 bridgehead atoms. The minimum atomic E-state index is -0.282. The maximum absolute atomic E-state index is 10.9. The van der Waals surface area contributed by atoms with E-state index in [0.717, 1.165) is 5.75 Å². The summed E-state index contributed by atoms with van der Waals surface area (Å²) in [6.45, 7) is 3.29. The average Bonchev–Trinajstić information content (AvgIpc) is 2.54. The molecule has 0 radical (unpaired) electrons. The number of nitriles is 2. The van der Waals surface area contributed by atoms with Gasteiger partial charge in [-0.2, -0.15) is 10.5 Å². The Balaban J connectivity index is 3.25. The monoisotopic (exact) mass is 234 g/mol. The number of aromatic nitrogens is 1. The molecule has 2 N–H and O–H groups in total. The highest BCUT2D eigenvalue weighted by Gasteiger charge is 2.17. The standard InChI is InChI=1S/C10H10N4OS/c1-3-16-10-8(5-12)7(4-11)9(14-10)13-6(2)15/h14H,3H2,1-2H3,(H,13,15). The second-order valence-electron chi connectivity index (χ2n) is 2.92. The van der Waals surface area contributed by atoms with Gasteiger partial charge in [-0.3, -0.25) is 4.79 Å². The van der Waals surface area contributed by atoms with Crippen LogP contribution in [0.2, 0.25) is 0 Å². The molecule has 6 heteroatoms. The first kappa shape index (κ1) is 12.2. The lowest BCUT2D eigenvalue weighted by Gasteiger charge is -1.97. The highest BCUT2D eigenvalue weighted by molar-refractivity contribution is 7.99. The molecule has 0 aromatic carbocycles. The van der Waals surface area contributed by atoms with E-state index in [-0.39, 0.29) is 17.0 Å². The number of anilines is 1. The number of amides is 1. The molecule has 0 aliphatic heterocycles. The first-order valence-electron chi connectivity index (χ1n) is 4.60. The Morgan fingerprint density at radius 3 is 2.50 bits per heavy atom. The van der Waals surface area contributed by atoms with Crippen LogP contribution in [0.3, 0.4) is 0 Å². The Labute approximate surface area is 97.4 Å². The molecule has 0 aliphatic carbocycles. The summed E-state index contributed by atoms with van der Waals surface area (Å²) < 4.78 is 0. The molecule has 0 spiro atoms. The Morgan fingerprint density at radius 2 is 2.06 bits per heavy atom. The van der Waals surface area contributed by atoms with Crippen molar-refractivity contribution in [2.45, 2.75) is 18.9 Å². The lowest BCUT2D eigenvalue weighted by molar-refractivity contribution is -0.114. The summed E-state index contributed by atoms with van der Waals surface area (Å²) in [5, 5.41) is 21.0. The summed E-state index contributed by atoms with van der Waals surface area (Å²) in [5.74, 6) is 0.789. The molecular formula is C10H10N4OS. The highest BCUT2D eigenvalue weighted by atomic mass is 32.2. The van der Waals surface area contributed by atoms with Gasteiger partial charge in [0.1, 0.15) is 29.1 Å². The molecule has 0 saturated carbocycles. The number of nitrogens with zero attached hydrogens (tertiary/aromatic N) is 2. The van der Waals surface area contributed by atoms with E-state index in [4.69, 9.17) is 10.5 Å². The lowest BCUT2D eigenvalue weighted by atomic mass is 10.2. The summed E-state index contributed by atoms with van der Waals surface area (Å²) in [6, 6.07) is 3.89. The molecule has 0 unspecified atom stereocenters. The summed E-state index contributed by atoms with van der Waals surface area (Å²) in [5.41, 5.74) is 0.478. The molecule has 1 heterocycles. The third-order valence-electron chi connectivity index (χ3n) is 1.78. The normalized spacial score (nSPS) is 9.25. The van der Waals surface area contributed by atoms with Gasteiger partial charge in [0.15, 0.2) is 0 Å². The molecule has 1 aromatic rings. The van der Waals surface area contributed by atoms with E-state index in [0.29, 0.717) is 10.8 Å². The Morgan fingerprint density at radius 1 is 1.44 bits per heavy atom. The number of carbonyl (C=O) groups is 1. The minimum absolute atomic E-state index is 0.189. The first-order valence-corrected chi connectivity index (χ1v) is 5.59. The van der Waals surface area contributed by atoms with Crippen molar-refractivity contribution in [3.05, 3.63) is 11.1 Å². The topological polar surface area (TPSA) is 92.5 Å². The van der Waals surface area contributed by atoms with Crippen LogP contribution in [0.15, 0.2) is 5.03 Å². The van der Waals surface area contributed by atoms with Gasteiger partial charge in [-0.05, 0) is 5.75 Å². The smallest absolute Gasteiger partial charge is 0.222 e. The zero-order valence-corrected chi connectivity index (χ0v) is 9.73. The number of carbonyl (C=O) groups excluding carboxylic acids is 1. The molecule has 0 atom stereocenters. The van der Waals surface area contributed by atoms with E-state index in [1.165, 1.54) is 18.7 Å². The van der Waals surface area contributed by atoms with Gasteiger partial charge < -0.3 is 10.3 Å². The molecule has 16 heavy (non-hydrogen) atoms. The van der Waals surface area contributed by atoms with Gasteiger partial charge >= 0.3 is 0 Å². The van der Waals surface area contributed by atoms with Crippen LogP contribution in [-0.4, -0.2) is 16.6 Å². The number of hydrogen-bond acceptors (Lipinski definition) is 4. The van der Waals surface area contributed by atoms with Crippen molar-refractivity contribution in [3.63, 3.8) is 0 Å². The predicted molar refractivity (Wildman–Crippen MR) is 60.9 cm³/mol. The van der Waals surface area contributed by atoms with Crippen LogP contribution in [0.1, 0.15) is 25.0 Å². The van der Waals surface area contributed by atoms with Gasteiger partial charge in [0.2, 0.25) is 5.91 Å². The number of aromatic amines is 1. The average molecular weight is 234 g/mol. The molecule has 0 saturated heterocycles. The van der Waals surface area contributed by atoms with Gasteiger partial charge in [-0.1, -0.05) is 6.92 Å². The number of hydrogen-bond donors (Lipinski definition) is 2. The second kappa shape index (κ2) is 5.24. The summed E-state index contributed by atoms with van der Waals surface area (Å²) in [4.78, 5) is 13.8. The molecular weight excluding hydrogens is 224 g/mol. The van der Waals surface area contributed by atoms with Crippen molar-refractivity contribution in [1.29, 1.82) is 10.5 Å². The van der Waals surface area contributed by atoms with E-state index in [9.17, 15) is 4.79 Å². The van der Waals surface area contributed by atoms with Gasteiger partial charge in [-0.15, -0.1) is 11.8 Å². The largest absolute Gasteiger partial charge is 0.334 e. The molecule has 1 rings (SSSR count). The predicted octanol–water partition coefficient (Wildman–Crippen LogP) is 1.83. The number of H-pyrrole nitrogens is 1. The van der Waals surface area contributed by atoms with Crippen LogP contribution in [0, 0.1) is 22.7 Å². The molecule has 5 nitrogen and oxygen atoms in total. The fourth-order valence-corrected chi connectivity index (χ4v) is 1.97. The number of rotatable bonds is 3. The molecule has 1 aromatic heterocycles. The van der Waals surface area contributed by atoms with Gasteiger partial charge in [0.05, 0.1) is 5.03 Å². The molecule has 0 fully saturated rings. The maximum atomic E-state index is 10.9. The van der Waals surface area contributed by atoms with E-state index in [1.807, 2.05) is 19.1 Å². The second-order valence-corrected chi connectivity index (χ2v) is 4.19. The lowest BCUT2D eigenvalue weighted by Crippen LogP contribution is -2.07. The third-order valence-corrected chi connectivity index (χ3v) is 2.66. The zero-order chi connectivity index (χ0) is 12.1. The molecule has 0 aliphatic rings. The van der Waals surface area contributed by atoms with Crippen molar-refractivity contribution >= 4 is 23.5 Å². The SMILES string of the molecule is CCSc1[nH]c(NC(C)=O)c(C#N)c1C#N. The van der Waals surface area contributed by atoms with E-state index < -0.39 is 0 Å². The maximum Gasteiger partial charge on any atom is 0.222 e. The van der Waals surface area contributed by atoms with E-state index in [2.05, 4.69) is 10.3 Å². The fraction of sp³-hybridized carbons (Fsp3) is 0.300. The first-order chi connectivity index (χ1) is 7.63. The Kier molecular flexibility index (Phi) is 3.98. The summed E-state index contributed by atoms with van der Waals surface area (Å²) in [6.07, 6.45) is 0. The fourth-order valence-electron chi connectivity index (χ4n) is 1.22. The van der Waals surface area contributed by atoms with Gasteiger partial charge in [0, 0.05) is 6.92 Å². The van der Waals surface area contributed by atoms with Crippen LogP contribution in [0.5, 0.6) is 0 Å². The van der Waals surface area contributed by atoms with E-state index in [1.54, 1.807) is 0 Å². The summed E-state index contributed by atoms with van der Waals surface area (Å²) >= 11 is 1.42. The molecule has 82 valence electrons. The van der Waals surface area contributed by atoms with E-state index >= 15 is 0 Å². The van der Waals surface area contributed by atoms with Crippen molar-refractivity contribution < 1.29 is 4.79 Å². The summed E-state index contributed by atoms with van der Waals surface area (Å²) in [7, 11) is 0. The Bertz CT molecular complexity index is 492. The van der Waals surface area contributed by atoms with Gasteiger partial charge in [-0.25, -0.2) is 0 Å². The van der Waals surface area contributed by atoms with Crippen molar-refractivity contribution in [3.8, 4) is 12.1 Å². The highest BCUT2D eigenvalue weighted by Crippen LogP contribution is 2.29. The minimum Gasteiger partial charge on any atom is -0.334 e.